The minimum Gasteiger partial charge on any atom is -0.483 e. The van der Waals surface area contributed by atoms with Crippen molar-refractivity contribution in [3.63, 3.8) is 0 Å². The third kappa shape index (κ3) is 4.33. The van der Waals surface area contributed by atoms with Crippen molar-refractivity contribution in [3.05, 3.63) is 60.2 Å². The van der Waals surface area contributed by atoms with Crippen LogP contribution in [0.4, 0.5) is 5.69 Å². The summed E-state index contributed by atoms with van der Waals surface area (Å²) in [6, 6.07) is 16.4. The molecular weight excluding hydrogens is 266 g/mol. The third-order valence-electron chi connectivity index (χ3n) is 3.08. The Labute approximate surface area is 124 Å². The lowest BCUT2D eigenvalue weighted by Crippen LogP contribution is -2.20. The van der Waals surface area contributed by atoms with Crippen LogP contribution in [0.3, 0.4) is 0 Å². The number of nitrogens with one attached hydrogen (secondary N) is 1. The first kappa shape index (κ1) is 15.1. The van der Waals surface area contributed by atoms with Crippen LogP contribution >= 0.6 is 0 Å². The largest absolute Gasteiger partial charge is 0.483 e. The van der Waals surface area contributed by atoms with E-state index in [0.717, 1.165) is 5.69 Å². The van der Waals surface area contributed by atoms with Gasteiger partial charge in [-0.05, 0) is 24.6 Å². The Hall–Kier alpha value is -2.33. The fourth-order valence-electron chi connectivity index (χ4n) is 1.97. The van der Waals surface area contributed by atoms with Crippen LogP contribution in [0.1, 0.15) is 25.0 Å². The van der Waals surface area contributed by atoms with E-state index in [-0.39, 0.29) is 12.5 Å². The Morgan fingerprint density at radius 1 is 1.14 bits per heavy atom. The van der Waals surface area contributed by atoms with Gasteiger partial charge in [0.2, 0.25) is 0 Å². The summed E-state index contributed by atoms with van der Waals surface area (Å²) in [6.07, 6.45) is 0.00901. The summed E-state index contributed by atoms with van der Waals surface area (Å²) in [5.74, 6) is 0.303. The highest BCUT2D eigenvalue weighted by molar-refractivity contribution is 5.91. The normalized spacial score (nSPS) is 11.7. The number of aliphatic hydroxyl groups is 1. The molecule has 21 heavy (non-hydrogen) atoms. The Kier molecular flexibility index (Phi) is 5.35. The van der Waals surface area contributed by atoms with Crippen LogP contribution in [0.15, 0.2) is 54.6 Å². The van der Waals surface area contributed by atoms with Crippen molar-refractivity contribution in [2.75, 3.05) is 11.9 Å². The van der Waals surface area contributed by atoms with Gasteiger partial charge >= 0.3 is 0 Å². The second-order valence-corrected chi connectivity index (χ2v) is 4.66. The van der Waals surface area contributed by atoms with Crippen LogP contribution in [0.5, 0.6) is 5.75 Å². The molecule has 0 radical (unpaired) electrons. The molecule has 0 aliphatic heterocycles. The molecule has 0 aliphatic carbocycles. The van der Waals surface area contributed by atoms with Crippen molar-refractivity contribution in [1.29, 1.82) is 0 Å². The molecule has 0 bridgehead atoms. The van der Waals surface area contributed by atoms with Crippen molar-refractivity contribution in [1.82, 2.24) is 0 Å². The van der Waals surface area contributed by atoms with Crippen LogP contribution in [0.2, 0.25) is 0 Å². The lowest BCUT2D eigenvalue weighted by Gasteiger charge is -2.14. The maximum atomic E-state index is 11.8. The summed E-state index contributed by atoms with van der Waals surface area (Å²) in [7, 11) is 0. The van der Waals surface area contributed by atoms with Crippen molar-refractivity contribution in [2.45, 2.75) is 19.4 Å². The van der Waals surface area contributed by atoms with Crippen LogP contribution in [0.25, 0.3) is 0 Å². The van der Waals surface area contributed by atoms with E-state index in [1.807, 2.05) is 49.4 Å². The first-order valence-electron chi connectivity index (χ1n) is 6.95. The SMILES string of the molecule is CC[C@@H](O)c1ccccc1OCC(=O)Nc1ccccc1. The van der Waals surface area contributed by atoms with E-state index in [4.69, 9.17) is 4.74 Å². The molecule has 2 aromatic carbocycles. The number of anilines is 1. The fraction of sp³-hybridized carbons (Fsp3) is 0.235. The van der Waals surface area contributed by atoms with Gasteiger partial charge in [0, 0.05) is 11.3 Å². The number of hydrogen-bond donors (Lipinski definition) is 2. The highest BCUT2D eigenvalue weighted by atomic mass is 16.5. The standard InChI is InChI=1S/C17H19NO3/c1-2-15(19)14-10-6-7-11-16(14)21-12-17(20)18-13-8-4-3-5-9-13/h3-11,15,19H,2,12H2,1H3,(H,18,20)/t15-/m1/s1. The maximum Gasteiger partial charge on any atom is 0.262 e. The van der Waals surface area contributed by atoms with Crippen LogP contribution < -0.4 is 10.1 Å². The zero-order chi connectivity index (χ0) is 15.1. The molecule has 0 fully saturated rings. The average molecular weight is 285 g/mol. The number of hydrogen-bond acceptors (Lipinski definition) is 3. The number of ether oxygens (including phenoxy) is 1. The van der Waals surface area contributed by atoms with Crippen molar-refractivity contribution in [2.24, 2.45) is 0 Å². The van der Waals surface area contributed by atoms with Gasteiger partial charge in [-0.3, -0.25) is 4.79 Å². The quantitative estimate of drug-likeness (QED) is 0.857. The number of aliphatic hydroxyl groups excluding tert-OH is 1. The van der Waals surface area contributed by atoms with Crippen molar-refractivity contribution >= 4 is 11.6 Å². The van der Waals surface area contributed by atoms with Gasteiger partial charge in [0.1, 0.15) is 5.75 Å². The molecule has 0 saturated heterocycles. The van der Waals surface area contributed by atoms with E-state index in [1.165, 1.54) is 0 Å². The summed E-state index contributed by atoms with van der Waals surface area (Å²) >= 11 is 0. The van der Waals surface area contributed by atoms with Gasteiger partial charge in [-0.2, -0.15) is 0 Å². The molecule has 0 aliphatic rings. The molecular formula is C17H19NO3. The molecule has 2 aromatic rings. The van der Waals surface area contributed by atoms with E-state index in [0.29, 0.717) is 17.7 Å². The highest BCUT2D eigenvalue weighted by Gasteiger charge is 2.12. The molecule has 110 valence electrons. The number of carbonyl (C=O) groups is 1. The van der Waals surface area contributed by atoms with Crippen LogP contribution in [0, 0.1) is 0 Å². The smallest absolute Gasteiger partial charge is 0.262 e. The predicted molar refractivity (Wildman–Crippen MR) is 82.3 cm³/mol. The summed E-state index contributed by atoms with van der Waals surface area (Å²) in [4.78, 5) is 11.8. The first-order valence-corrected chi connectivity index (χ1v) is 6.95. The zero-order valence-electron chi connectivity index (χ0n) is 12.0. The summed E-state index contributed by atoms with van der Waals surface area (Å²) in [5, 5.41) is 12.7. The van der Waals surface area contributed by atoms with Gasteiger partial charge in [0.25, 0.3) is 5.91 Å². The Bertz CT molecular complexity index is 584. The van der Waals surface area contributed by atoms with Gasteiger partial charge in [0.05, 0.1) is 6.10 Å². The van der Waals surface area contributed by atoms with Crippen molar-refractivity contribution in [3.8, 4) is 5.75 Å². The molecule has 0 saturated carbocycles. The molecule has 0 heterocycles. The first-order chi connectivity index (χ1) is 10.2. The van der Waals surface area contributed by atoms with E-state index >= 15 is 0 Å². The summed E-state index contributed by atoms with van der Waals surface area (Å²) in [6.45, 7) is 1.80. The van der Waals surface area contributed by atoms with E-state index in [2.05, 4.69) is 5.32 Å². The summed E-state index contributed by atoms with van der Waals surface area (Å²) in [5.41, 5.74) is 1.43. The second-order valence-electron chi connectivity index (χ2n) is 4.66. The minimum absolute atomic E-state index is 0.0949. The van der Waals surface area contributed by atoms with Gasteiger partial charge in [0.15, 0.2) is 6.61 Å². The minimum atomic E-state index is -0.585. The lowest BCUT2D eigenvalue weighted by molar-refractivity contribution is -0.118. The Morgan fingerprint density at radius 3 is 2.52 bits per heavy atom. The third-order valence-corrected chi connectivity index (χ3v) is 3.08. The number of para-hydroxylation sites is 2. The van der Waals surface area contributed by atoms with Crippen molar-refractivity contribution < 1.29 is 14.6 Å². The fourth-order valence-corrected chi connectivity index (χ4v) is 1.97. The molecule has 0 spiro atoms. The maximum absolute atomic E-state index is 11.8. The van der Waals surface area contributed by atoms with Crippen LogP contribution in [-0.2, 0) is 4.79 Å². The number of benzene rings is 2. The number of amides is 1. The molecule has 1 atom stereocenters. The Balaban J connectivity index is 1.95. The molecule has 4 nitrogen and oxygen atoms in total. The highest BCUT2D eigenvalue weighted by Crippen LogP contribution is 2.26. The molecule has 2 N–H and O–H groups in total. The average Bonchev–Trinajstić information content (AvgIpc) is 2.53. The lowest BCUT2D eigenvalue weighted by atomic mass is 10.1. The Morgan fingerprint density at radius 2 is 1.81 bits per heavy atom. The predicted octanol–water partition coefficient (Wildman–Crippen LogP) is 3.15. The van der Waals surface area contributed by atoms with Gasteiger partial charge in [-0.1, -0.05) is 43.3 Å². The van der Waals surface area contributed by atoms with Gasteiger partial charge in [-0.15, -0.1) is 0 Å². The summed E-state index contributed by atoms with van der Waals surface area (Å²) < 4.78 is 5.52. The topological polar surface area (TPSA) is 58.6 Å². The van der Waals surface area contributed by atoms with E-state index in [1.54, 1.807) is 12.1 Å². The number of carbonyl (C=O) groups excluding carboxylic acids is 1. The molecule has 0 unspecified atom stereocenters. The molecule has 0 aromatic heterocycles. The number of rotatable bonds is 6. The molecule has 4 heteroatoms. The van der Waals surface area contributed by atoms with E-state index < -0.39 is 6.10 Å². The molecule has 2 rings (SSSR count). The second kappa shape index (κ2) is 7.45. The van der Waals surface area contributed by atoms with Gasteiger partial charge < -0.3 is 15.2 Å². The van der Waals surface area contributed by atoms with Gasteiger partial charge in [-0.25, -0.2) is 0 Å². The van der Waals surface area contributed by atoms with E-state index in [9.17, 15) is 9.90 Å². The van der Waals surface area contributed by atoms with Crippen LogP contribution in [-0.4, -0.2) is 17.6 Å². The zero-order valence-corrected chi connectivity index (χ0v) is 12.0. The monoisotopic (exact) mass is 285 g/mol. The molecule has 1 amide bonds.